The molecule has 0 radical (unpaired) electrons. The molecule has 3 aromatic rings. The van der Waals surface area contributed by atoms with Crippen LogP contribution in [0.1, 0.15) is 28.8 Å². The number of aromatic nitrogens is 4. The van der Waals surface area contributed by atoms with E-state index in [0.29, 0.717) is 33.7 Å². The molecule has 5 heterocycles. The maximum absolute atomic E-state index is 12.8. The number of nitrogens with one attached hydrogen (secondary N) is 1. The maximum Gasteiger partial charge on any atom is 0.341 e. The predicted molar refractivity (Wildman–Crippen MR) is 109 cm³/mol. The van der Waals surface area contributed by atoms with Crippen molar-refractivity contribution in [3.8, 4) is 5.13 Å². The summed E-state index contributed by atoms with van der Waals surface area (Å²) in [6.07, 6.45) is 5.15. The van der Waals surface area contributed by atoms with Crippen molar-refractivity contribution in [3.63, 3.8) is 0 Å². The maximum atomic E-state index is 12.8. The monoisotopic (exact) mass is 412 g/mol. The zero-order chi connectivity index (χ0) is 20.1. The van der Waals surface area contributed by atoms with Gasteiger partial charge < -0.3 is 15.3 Å². The quantitative estimate of drug-likeness (QED) is 0.662. The van der Waals surface area contributed by atoms with Crippen LogP contribution >= 0.6 is 11.5 Å². The summed E-state index contributed by atoms with van der Waals surface area (Å²) in [6.45, 7) is 4.76. The average Bonchev–Trinajstić information content (AvgIpc) is 3.34. The van der Waals surface area contributed by atoms with Gasteiger partial charge in [0, 0.05) is 42.8 Å². The molecule has 3 aromatic heterocycles. The Bertz CT molecular complexity index is 1150. The van der Waals surface area contributed by atoms with Gasteiger partial charge in [-0.3, -0.25) is 9.36 Å². The lowest BCUT2D eigenvalue weighted by Gasteiger charge is -2.43. The Kier molecular flexibility index (Phi) is 4.32. The number of fused-ring (bicyclic) bond motifs is 1. The first-order chi connectivity index (χ1) is 14.0. The normalized spacial score (nSPS) is 19.6. The summed E-state index contributed by atoms with van der Waals surface area (Å²) in [5.74, 6) is 0.133. The van der Waals surface area contributed by atoms with Gasteiger partial charge >= 0.3 is 5.97 Å². The van der Waals surface area contributed by atoms with Crippen molar-refractivity contribution in [1.82, 2.24) is 24.2 Å². The van der Waals surface area contributed by atoms with Gasteiger partial charge in [0.2, 0.25) is 10.6 Å². The second-order valence-electron chi connectivity index (χ2n) is 7.63. The minimum atomic E-state index is -1.27. The molecule has 2 N–H and O–H groups in total. The first kappa shape index (κ1) is 18.2. The molecule has 0 bridgehead atoms. The van der Waals surface area contributed by atoms with Crippen molar-refractivity contribution in [2.75, 3.05) is 24.5 Å². The summed E-state index contributed by atoms with van der Waals surface area (Å²) in [6, 6.07) is 2.45. The molecule has 10 heteroatoms. The van der Waals surface area contributed by atoms with E-state index < -0.39 is 11.4 Å². The molecular formula is C19H20N6O3S. The Morgan fingerprint density at radius 2 is 2.21 bits per heavy atom. The van der Waals surface area contributed by atoms with E-state index in [4.69, 9.17) is 4.98 Å². The summed E-state index contributed by atoms with van der Waals surface area (Å²) in [7, 11) is 0. The SMILES string of the molecule is Cc1cc(N2CC(C3CCCN3)C2)nc2c1c(=O)c(C(=O)O)cn2-c1ncns1. The van der Waals surface area contributed by atoms with Crippen molar-refractivity contribution in [1.29, 1.82) is 0 Å². The molecule has 0 saturated carbocycles. The Labute approximate surface area is 170 Å². The van der Waals surface area contributed by atoms with E-state index in [1.807, 2.05) is 13.0 Å². The fourth-order valence-electron chi connectivity index (χ4n) is 4.28. The van der Waals surface area contributed by atoms with Crippen LogP contribution < -0.4 is 15.6 Å². The van der Waals surface area contributed by atoms with Gasteiger partial charge in [-0.15, -0.1) is 0 Å². The van der Waals surface area contributed by atoms with Crippen LogP contribution in [-0.2, 0) is 0 Å². The molecule has 1 unspecified atom stereocenters. The fourth-order valence-corrected chi connectivity index (χ4v) is 4.79. The van der Waals surface area contributed by atoms with Crippen LogP contribution in [0, 0.1) is 12.8 Å². The van der Waals surface area contributed by atoms with Crippen LogP contribution in [0.2, 0.25) is 0 Å². The Morgan fingerprint density at radius 1 is 1.38 bits per heavy atom. The summed E-state index contributed by atoms with van der Waals surface area (Å²) >= 11 is 1.12. The van der Waals surface area contributed by atoms with E-state index in [1.54, 1.807) is 4.57 Å². The predicted octanol–water partition coefficient (Wildman–Crippen LogP) is 1.43. The van der Waals surface area contributed by atoms with Gasteiger partial charge in [-0.05, 0) is 37.9 Å². The highest BCUT2D eigenvalue weighted by molar-refractivity contribution is 7.08. The van der Waals surface area contributed by atoms with Crippen LogP contribution in [0.4, 0.5) is 5.82 Å². The van der Waals surface area contributed by atoms with Crippen molar-refractivity contribution in [2.45, 2.75) is 25.8 Å². The topological polar surface area (TPSA) is 113 Å². The largest absolute Gasteiger partial charge is 0.477 e. The van der Waals surface area contributed by atoms with Crippen molar-refractivity contribution < 1.29 is 9.90 Å². The third-order valence-electron chi connectivity index (χ3n) is 5.83. The van der Waals surface area contributed by atoms with Gasteiger partial charge in [0.1, 0.15) is 17.7 Å². The van der Waals surface area contributed by atoms with Crippen molar-refractivity contribution in [3.05, 3.63) is 39.9 Å². The van der Waals surface area contributed by atoms with E-state index in [-0.39, 0.29) is 5.56 Å². The highest BCUT2D eigenvalue weighted by atomic mass is 32.1. The van der Waals surface area contributed by atoms with E-state index >= 15 is 0 Å². The van der Waals surface area contributed by atoms with Crippen LogP contribution in [0.5, 0.6) is 0 Å². The number of pyridine rings is 2. The van der Waals surface area contributed by atoms with E-state index in [2.05, 4.69) is 19.6 Å². The molecule has 2 aliphatic rings. The molecule has 5 rings (SSSR count). The molecule has 0 amide bonds. The highest BCUT2D eigenvalue weighted by Gasteiger charge is 2.35. The van der Waals surface area contributed by atoms with E-state index in [0.717, 1.165) is 37.0 Å². The third-order valence-corrected chi connectivity index (χ3v) is 6.49. The molecule has 1 atom stereocenters. The number of anilines is 1. The molecule has 150 valence electrons. The first-order valence-corrected chi connectivity index (χ1v) is 10.4. The van der Waals surface area contributed by atoms with E-state index in [1.165, 1.54) is 25.4 Å². The van der Waals surface area contributed by atoms with E-state index in [9.17, 15) is 14.7 Å². The van der Waals surface area contributed by atoms with Gasteiger partial charge in [-0.1, -0.05) is 0 Å². The molecule has 0 aromatic carbocycles. The number of carbonyl (C=O) groups is 1. The lowest BCUT2D eigenvalue weighted by Crippen LogP contribution is -2.54. The van der Waals surface area contributed by atoms with Crippen LogP contribution in [-0.4, -0.2) is 55.7 Å². The van der Waals surface area contributed by atoms with Gasteiger partial charge in [0.05, 0.1) is 5.39 Å². The standard InChI is InChI=1S/C19H20N6O3S/c1-10-5-14(24-6-11(7-24)13-3-2-4-20-13)23-17-15(10)16(26)12(18(27)28)8-25(17)19-21-9-22-29-19/h5,8-9,11,13,20H,2-4,6-7H2,1H3,(H,27,28). The zero-order valence-electron chi connectivity index (χ0n) is 15.8. The number of aromatic carboxylic acids is 1. The van der Waals surface area contributed by atoms with Crippen LogP contribution in [0.3, 0.4) is 0 Å². The first-order valence-electron chi connectivity index (χ1n) is 9.58. The third kappa shape index (κ3) is 2.99. The Balaban J connectivity index is 1.60. The minimum Gasteiger partial charge on any atom is -0.477 e. The van der Waals surface area contributed by atoms with Gasteiger partial charge in [0.25, 0.3) is 0 Å². The number of nitrogens with zero attached hydrogens (tertiary/aromatic N) is 5. The molecular weight excluding hydrogens is 392 g/mol. The molecule has 0 spiro atoms. The molecule has 9 nitrogen and oxygen atoms in total. The summed E-state index contributed by atoms with van der Waals surface area (Å²) in [5, 5.41) is 13.8. The molecule has 2 aliphatic heterocycles. The highest BCUT2D eigenvalue weighted by Crippen LogP contribution is 2.31. The number of hydrogen-bond donors (Lipinski definition) is 2. The molecule has 29 heavy (non-hydrogen) atoms. The van der Waals surface area contributed by atoms with Gasteiger partial charge in [-0.2, -0.15) is 4.37 Å². The lowest BCUT2D eigenvalue weighted by molar-refractivity contribution is 0.0695. The average molecular weight is 412 g/mol. The summed E-state index contributed by atoms with van der Waals surface area (Å²) < 4.78 is 5.56. The Hall–Kier alpha value is -2.85. The smallest absolute Gasteiger partial charge is 0.341 e. The second kappa shape index (κ2) is 6.89. The molecule has 2 saturated heterocycles. The minimum absolute atomic E-state index is 0.304. The van der Waals surface area contributed by atoms with Crippen molar-refractivity contribution in [2.24, 2.45) is 5.92 Å². The van der Waals surface area contributed by atoms with Crippen molar-refractivity contribution >= 4 is 34.4 Å². The number of carboxylic acid groups (broad SMARTS) is 1. The van der Waals surface area contributed by atoms with Gasteiger partial charge in [-0.25, -0.2) is 14.8 Å². The number of hydrogen-bond acceptors (Lipinski definition) is 8. The summed E-state index contributed by atoms with van der Waals surface area (Å²) in [5.41, 5.74) is 0.288. The van der Waals surface area contributed by atoms with Crippen LogP contribution in [0.15, 0.2) is 23.4 Å². The molecule has 2 fully saturated rings. The lowest BCUT2D eigenvalue weighted by atomic mass is 9.90. The fraction of sp³-hybridized carbons (Fsp3) is 0.421. The van der Waals surface area contributed by atoms with Gasteiger partial charge in [0.15, 0.2) is 5.65 Å². The second-order valence-corrected chi connectivity index (χ2v) is 8.39. The number of rotatable bonds is 4. The number of aryl methyl sites for hydroxylation is 1. The number of carboxylic acids is 1. The zero-order valence-corrected chi connectivity index (χ0v) is 16.6. The molecule has 0 aliphatic carbocycles. The van der Waals surface area contributed by atoms with Crippen LogP contribution in [0.25, 0.3) is 16.2 Å². The summed E-state index contributed by atoms with van der Waals surface area (Å²) in [4.78, 5) is 35.6. The Morgan fingerprint density at radius 3 is 2.86 bits per heavy atom.